The van der Waals surface area contributed by atoms with Crippen LogP contribution in [0, 0.1) is 0 Å². The van der Waals surface area contributed by atoms with Crippen LogP contribution in [0.3, 0.4) is 0 Å². The lowest BCUT2D eigenvalue weighted by Gasteiger charge is -2.25. The smallest absolute Gasteiger partial charge is 0.119 e. The van der Waals surface area contributed by atoms with Crippen molar-refractivity contribution in [2.75, 3.05) is 27.2 Å². The molecule has 0 bridgehead atoms. The second-order valence-electron chi connectivity index (χ2n) is 4.72. The van der Waals surface area contributed by atoms with E-state index in [0.29, 0.717) is 12.1 Å². The molecule has 0 aliphatic carbocycles. The molecule has 1 aliphatic heterocycles. The van der Waals surface area contributed by atoms with E-state index in [0.717, 1.165) is 12.3 Å². The lowest BCUT2D eigenvalue weighted by molar-refractivity contribution is 0.256. The van der Waals surface area contributed by atoms with Gasteiger partial charge in [0.1, 0.15) is 5.75 Å². The van der Waals surface area contributed by atoms with Gasteiger partial charge in [-0.2, -0.15) is 0 Å². The Morgan fingerprint density at radius 1 is 1.44 bits per heavy atom. The Labute approximate surface area is 116 Å². The lowest BCUT2D eigenvalue weighted by atomic mass is 10.1. The molecule has 1 aromatic rings. The van der Waals surface area contributed by atoms with Gasteiger partial charge in [-0.3, -0.25) is 4.90 Å². The number of benzene rings is 1. The van der Waals surface area contributed by atoms with E-state index in [1.807, 2.05) is 13.1 Å². The lowest BCUT2D eigenvalue weighted by Crippen LogP contribution is -2.31. The molecule has 0 aromatic heterocycles. The van der Waals surface area contributed by atoms with Crippen molar-refractivity contribution < 1.29 is 4.74 Å². The third-order valence-corrected chi connectivity index (χ3v) is 3.75. The zero-order chi connectivity index (χ0) is 12.3. The first-order valence-corrected chi connectivity index (χ1v) is 6.30. The normalized spacial score (nSPS) is 21.4. The van der Waals surface area contributed by atoms with Crippen LogP contribution in [0.1, 0.15) is 24.9 Å². The average Bonchev–Trinajstić information content (AvgIpc) is 2.86. The van der Waals surface area contributed by atoms with Crippen LogP contribution in [-0.4, -0.2) is 38.2 Å². The van der Waals surface area contributed by atoms with Crippen LogP contribution in [0.2, 0.25) is 0 Å². The van der Waals surface area contributed by atoms with Crippen LogP contribution in [0.4, 0.5) is 0 Å². The van der Waals surface area contributed by atoms with Crippen molar-refractivity contribution in [1.82, 2.24) is 10.2 Å². The quantitative estimate of drug-likeness (QED) is 0.910. The molecule has 102 valence electrons. The van der Waals surface area contributed by atoms with Gasteiger partial charge in [0.2, 0.25) is 0 Å². The van der Waals surface area contributed by atoms with E-state index in [1.54, 1.807) is 7.11 Å². The molecule has 0 radical (unpaired) electrons. The van der Waals surface area contributed by atoms with E-state index in [9.17, 15) is 0 Å². The highest BCUT2D eigenvalue weighted by Gasteiger charge is 2.25. The third kappa shape index (κ3) is 3.37. The van der Waals surface area contributed by atoms with Crippen molar-refractivity contribution in [3.8, 4) is 5.75 Å². The van der Waals surface area contributed by atoms with E-state index in [1.165, 1.54) is 18.5 Å². The minimum Gasteiger partial charge on any atom is -0.497 e. The molecule has 1 aromatic carbocycles. The number of rotatable bonds is 4. The summed E-state index contributed by atoms with van der Waals surface area (Å²) in [5.74, 6) is 0.943. The van der Waals surface area contributed by atoms with Crippen LogP contribution >= 0.6 is 12.4 Å². The maximum Gasteiger partial charge on any atom is 0.119 e. The van der Waals surface area contributed by atoms with E-state index < -0.39 is 0 Å². The molecular weight excluding hydrogens is 248 g/mol. The van der Waals surface area contributed by atoms with E-state index in [2.05, 4.69) is 35.3 Å². The first kappa shape index (κ1) is 15.3. The van der Waals surface area contributed by atoms with Crippen molar-refractivity contribution in [1.29, 1.82) is 0 Å². The minimum absolute atomic E-state index is 0. The average molecular weight is 271 g/mol. The molecule has 3 nitrogen and oxygen atoms in total. The number of hydrogen-bond donors (Lipinski definition) is 1. The van der Waals surface area contributed by atoms with Crippen molar-refractivity contribution in [2.45, 2.75) is 25.4 Å². The molecule has 2 unspecified atom stereocenters. The van der Waals surface area contributed by atoms with Gasteiger partial charge in [0, 0.05) is 25.2 Å². The SMILES string of the molecule is CNC1CCN(C(C)c2cccc(OC)c2)C1.Cl. The fourth-order valence-electron chi connectivity index (χ4n) is 2.49. The number of likely N-dealkylation sites (tertiary alicyclic amines) is 1. The first-order chi connectivity index (χ1) is 8.24. The number of methoxy groups -OCH3 is 1. The van der Waals surface area contributed by atoms with Gasteiger partial charge in [0.25, 0.3) is 0 Å². The second kappa shape index (κ2) is 6.98. The Balaban J connectivity index is 0.00000162. The van der Waals surface area contributed by atoms with E-state index in [-0.39, 0.29) is 12.4 Å². The number of hydrogen-bond acceptors (Lipinski definition) is 3. The van der Waals surface area contributed by atoms with Crippen molar-refractivity contribution >= 4 is 12.4 Å². The predicted molar refractivity (Wildman–Crippen MR) is 77.7 cm³/mol. The van der Waals surface area contributed by atoms with Gasteiger partial charge in [-0.25, -0.2) is 0 Å². The fraction of sp³-hybridized carbons (Fsp3) is 0.571. The summed E-state index contributed by atoms with van der Waals surface area (Å²) < 4.78 is 5.28. The molecule has 1 aliphatic rings. The maximum atomic E-state index is 5.28. The minimum atomic E-state index is 0. The van der Waals surface area contributed by atoms with Crippen molar-refractivity contribution in [2.24, 2.45) is 0 Å². The number of ether oxygens (including phenoxy) is 1. The Kier molecular flexibility index (Phi) is 5.93. The van der Waals surface area contributed by atoms with Crippen molar-refractivity contribution in [3.63, 3.8) is 0 Å². The zero-order valence-corrected chi connectivity index (χ0v) is 12.2. The number of likely N-dealkylation sites (N-methyl/N-ethyl adjacent to an activating group) is 1. The third-order valence-electron chi connectivity index (χ3n) is 3.75. The molecule has 0 saturated carbocycles. The summed E-state index contributed by atoms with van der Waals surface area (Å²) in [6.45, 7) is 4.57. The Hall–Kier alpha value is -0.770. The van der Waals surface area contributed by atoms with Gasteiger partial charge < -0.3 is 10.1 Å². The van der Waals surface area contributed by atoms with Crippen LogP contribution in [0.15, 0.2) is 24.3 Å². The maximum absolute atomic E-state index is 5.28. The molecule has 18 heavy (non-hydrogen) atoms. The van der Waals surface area contributed by atoms with Gasteiger partial charge in [-0.05, 0) is 38.1 Å². The summed E-state index contributed by atoms with van der Waals surface area (Å²) in [4.78, 5) is 2.52. The van der Waals surface area contributed by atoms with E-state index in [4.69, 9.17) is 4.74 Å². The molecule has 1 fully saturated rings. The number of halogens is 1. The largest absolute Gasteiger partial charge is 0.497 e. The summed E-state index contributed by atoms with van der Waals surface area (Å²) in [7, 11) is 3.76. The standard InChI is InChI=1S/C14H22N2O.ClH/c1-11(16-8-7-13(10-16)15-2)12-5-4-6-14(9-12)17-3;/h4-6,9,11,13,15H,7-8,10H2,1-3H3;1H. The topological polar surface area (TPSA) is 24.5 Å². The highest BCUT2D eigenvalue weighted by molar-refractivity contribution is 5.85. The molecule has 2 rings (SSSR count). The summed E-state index contributed by atoms with van der Waals surface area (Å²) in [6.07, 6.45) is 1.24. The van der Waals surface area contributed by atoms with E-state index >= 15 is 0 Å². The molecule has 4 heteroatoms. The van der Waals surface area contributed by atoms with Gasteiger partial charge in [-0.1, -0.05) is 12.1 Å². The summed E-state index contributed by atoms with van der Waals surface area (Å²) in [6, 6.07) is 9.48. The van der Waals surface area contributed by atoms with Gasteiger partial charge >= 0.3 is 0 Å². The Bertz CT molecular complexity index is 373. The molecule has 0 amide bonds. The zero-order valence-electron chi connectivity index (χ0n) is 11.3. The molecule has 1 N–H and O–H groups in total. The highest BCUT2D eigenvalue weighted by atomic mass is 35.5. The molecule has 0 spiro atoms. The predicted octanol–water partition coefficient (Wildman–Crippen LogP) is 2.47. The Morgan fingerprint density at radius 3 is 2.83 bits per heavy atom. The molecule has 1 saturated heterocycles. The molecule has 2 atom stereocenters. The monoisotopic (exact) mass is 270 g/mol. The van der Waals surface area contributed by atoms with Gasteiger partial charge in [0.05, 0.1) is 7.11 Å². The van der Waals surface area contributed by atoms with Crippen LogP contribution in [-0.2, 0) is 0 Å². The molecular formula is C14H23ClN2O. The fourth-order valence-corrected chi connectivity index (χ4v) is 2.49. The summed E-state index contributed by atoms with van der Waals surface area (Å²) in [5, 5.41) is 3.36. The number of nitrogens with zero attached hydrogens (tertiary/aromatic N) is 1. The Morgan fingerprint density at radius 2 is 2.22 bits per heavy atom. The van der Waals surface area contributed by atoms with Crippen LogP contribution in [0.5, 0.6) is 5.75 Å². The first-order valence-electron chi connectivity index (χ1n) is 6.30. The second-order valence-corrected chi connectivity index (χ2v) is 4.72. The number of nitrogens with one attached hydrogen (secondary N) is 1. The summed E-state index contributed by atoms with van der Waals surface area (Å²) >= 11 is 0. The van der Waals surface area contributed by atoms with Gasteiger partial charge in [-0.15, -0.1) is 12.4 Å². The summed E-state index contributed by atoms with van der Waals surface area (Å²) in [5.41, 5.74) is 1.33. The molecule has 1 heterocycles. The highest BCUT2D eigenvalue weighted by Crippen LogP contribution is 2.26. The van der Waals surface area contributed by atoms with Crippen molar-refractivity contribution in [3.05, 3.63) is 29.8 Å². The van der Waals surface area contributed by atoms with Crippen LogP contribution in [0.25, 0.3) is 0 Å². The van der Waals surface area contributed by atoms with Crippen LogP contribution < -0.4 is 10.1 Å². The van der Waals surface area contributed by atoms with Gasteiger partial charge in [0.15, 0.2) is 0 Å².